The number of hydrogen-bond acceptors (Lipinski definition) is 7. The van der Waals surface area contributed by atoms with Gasteiger partial charge in [0.25, 0.3) is 0 Å². The number of anilines is 2. The minimum Gasteiger partial charge on any atom is -0.479 e. The van der Waals surface area contributed by atoms with Crippen LogP contribution in [0.3, 0.4) is 0 Å². The average Bonchev–Trinajstić information content (AvgIpc) is 3.34. The number of aliphatic carboxylic acids is 1. The molecule has 10 heteroatoms. The number of carbonyl (C=O) groups excluding carboxylic acids is 1. The van der Waals surface area contributed by atoms with Crippen molar-refractivity contribution in [2.24, 2.45) is 0 Å². The lowest BCUT2D eigenvalue weighted by molar-refractivity contribution is -0.149. The van der Waals surface area contributed by atoms with Gasteiger partial charge in [0.2, 0.25) is 0 Å². The summed E-state index contributed by atoms with van der Waals surface area (Å²) in [5.74, 6) is -0.525. The fraction of sp³-hybridized carbons (Fsp3) is 0.208. The van der Waals surface area contributed by atoms with E-state index < -0.39 is 12.1 Å². The molecule has 0 unspecified atom stereocenters. The van der Waals surface area contributed by atoms with E-state index in [4.69, 9.17) is 4.74 Å². The molecule has 0 radical (unpaired) electrons. The van der Waals surface area contributed by atoms with Crippen molar-refractivity contribution in [2.75, 3.05) is 23.9 Å². The monoisotopic (exact) mass is 477 g/mol. The standard InChI is InChI=1S/C24H23N5O4S/c1-3-33-20(23(30)31)12-15-4-6-16(7-5-15)19-13-17(8-10-25-19)29(2)24(32)28-22-18-14-27-34-21(18)9-11-26-22/h4-11,13-14,20H,3,12H2,1-2H3,(H,30,31)(H,26,28,32)/t20-/m0/s1. The summed E-state index contributed by atoms with van der Waals surface area (Å²) in [6, 6.07) is 12.5. The molecule has 3 aromatic heterocycles. The number of nitrogens with zero attached hydrogens (tertiary/aromatic N) is 4. The van der Waals surface area contributed by atoms with Crippen molar-refractivity contribution in [3.8, 4) is 11.3 Å². The number of urea groups is 1. The average molecular weight is 478 g/mol. The third-order valence-electron chi connectivity index (χ3n) is 5.26. The summed E-state index contributed by atoms with van der Waals surface area (Å²) < 4.78 is 10.4. The van der Waals surface area contributed by atoms with E-state index in [9.17, 15) is 14.7 Å². The molecule has 9 nitrogen and oxygen atoms in total. The van der Waals surface area contributed by atoms with E-state index in [0.717, 1.165) is 21.2 Å². The first-order valence-corrected chi connectivity index (χ1v) is 11.4. The van der Waals surface area contributed by atoms with Crippen LogP contribution in [0.5, 0.6) is 0 Å². The number of rotatable bonds is 8. The van der Waals surface area contributed by atoms with Gasteiger partial charge in [0.1, 0.15) is 5.82 Å². The minimum absolute atomic E-state index is 0.278. The summed E-state index contributed by atoms with van der Waals surface area (Å²) in [6.45, 7) is 2.10. The third-order valence-corrected chi connectivity index (χ3v) is 6.02. The van der Waals surface area contributed by atoms with Crippen LogP contribution in [0.15, 0.2) is 61.1 Å². The van der Waals surface area contributed by atoms with Gasteiger partial charge in [-0.3, -0.25) is 15.2 Å². The van der Waals surface area contributed by atoms with Crippen molar-refractivity contribution < 1.29 is 19.4 Å². The Hall–Kier alpha value is -3.89. The van der Waals surface area contributed by atoms with Gasteiger partial charge in [-0.05, 0) is 42.2 Å². The van der Waals surface area contributed by atoms with Crippen LogP contribution in [-0.2, 0) is 16.0 Å². The molecule has 0 spiro atoms. The van der Waals surface area contributed by atoms with E-state index in [2.05, 4.69) is 19.7 Å². The summed E-state index contributed by atoms with van der Waals surface area (Å²) in [7, 11) is 1.67. The van der Waals surface area contributed by atoms with Crippen LogP contribution in [-0.4, -0.2) is 51.2 Å². The molecular formula is C24H23N5O4S. The molecule has 0 saturated heterocycles. The van der Waals surface area contributed by atoms with Crippen LogP contribution in [0.1, 0.15) is 12.5 Å². The molecule has 3 heterocycles. The second kappa shape index (κ2) is 10.4. The lowest BCUT2D eigenvalue weighted by atomic mass is 10.0. The Kier molecular flexibility index (Phi) is 7.09. The van der Waals surface area contributed by atoms with Crippen LogP contribution >= 0.6 is 11.5 Å². The molecule has 4 aromatic rings. The molecular weight excluding hydrogens is 454 g/mol. The highest BCUT2D eigenvalue weighted by molar-refractivity contribution is 7.13. The topological polar surface area (TPSA) is 118 Å². The van der Waals surface area contributed by atoms with Crippen molar-refractivity contribution in [1.82, 2.24) is 14.3 Å². The van der Waals surface area contributed by atoms with Crippen LogP contribution < -0.4 is 10.2 Å². The van der Waals surface area contributed by atoms with Gasteiger partial charge >= 0.3 is 12.0 Å². The molecule has 1 atom stereocenters. The zero-order valence-corrected chi connectivity index (χ0v) is 19.5. The highest BCUT2D eigenvalue weighted by atomic mass is 32.1. The molecule has 34 heavy (non-hydrogen) atoms. The predicted molar refractivity (Wildman–Crippen MR) is 131 cm³/mol. The summed E-state index contributed by atoms with van der Waals surface area (Å²) in [6.07, 6.45) is 4.36. The van der Waals surface area contributed by atoms with Crippen LogP contribution in [0.2, 0.25) is 0 Å². The summed E-state index contributed by atoms with van der Waals surface area (Å²) in [4.78, 5) is 34.4. The summed E-state index contributed by atoms with van der Waals surface area (Å²) in [5, 5.41) is 12.9. The number of carboxylic acids is 1. The van der Waals surface area contributed by atoms with E-state index in [1.165, 1.54) is 16.4 Å². The van der Waals surface area contributed by atoms with Crippen molar-refractivity contribution in [3.63, 3.8) is 0 Å². The van der Waals surface area contributed by atoms with Gasteiger partial charge < -0.3 is 9.84 Å². The van der Waals surface area contributed by atoms with Crippen molar-refractivity contribution >= 4 is 45.1 Å². The SMILES string of the molecule is CCO[C@@H](Cc1ccc(-c2cc(N(C)C(=O)Nc3nccc4sncc34)ccn2)cc1)C(=O)O. The number of hydrogen-bond donors (Lipinski definition) is 2. The van der Waals surface area contributed by atoms with Gasteiger partial charge in [-0.1, -0.05) is 24.3 Å². The first-order chi connectivity index (χ1) is 16.5. The molecule has 2 amide bonds. The number of benzene rings is 1. The highest BCUT2D eigenvalue weighted by Gasteiger charge is 2.18. The lowest BCUT2D eigenvalue weighted by Crippen LogP contribution is -2.31. The molecule has 0 aliphatic rings. The lowest BCUT2D eigenvalue weighted by Gasteiger charge is -2.18. The van der Waals surface area contributed by atoms with Crippen LogP contribution in [0, 0.1) is 0 Å². The fourth-order valence-corrected chi connectivity index (χ4v) is 4.07. The van der Waals surface area contributed by atoms with Gasteiger partial charge in [-0.25, -0.2) is 14.6 Å². The number of fused-ring (bicyclic) bond motifs is 1. The smallest absolute Gasteiger partial charge is 0.333 e. The Morgan fingerprint density at radius 1 is 1.15 bits per heavy atom. The van der Waals surface area contributed by atoms with Crippen LogP contribution in [0.25, 0.3) is 21.3 Å². The number of pyridine rings is 2. The van der Waals surface area contributed by atoms with Gasteiger partial charge in [0.05, 0.1) is 22.0 Å². The Balaban J connectivity index is 1.48. The first-order valence-electron chi connectivity index (χ1n) is 10.6. The molecule has 2 N–H and O–H groups in total. The molecule has 1 aromatic carbocycles. The quantitative estimate of drug-likeness (QED) is 0.385. The number of carboxylic acid groups (broad SMARTS) is 1. The number of amides is 2. The minimum atomic E-state index is -0.983. The largest absolute Gasteiger partial charge is 0.479 e. The van der Waals surface area contributed by atoms with Crippen molar-refractivity contribution in [3.05, 3.63) is 66.6 Å². The number of nitrogens with one attached hydrogen (secondary N) is 1. The van der Waals surface area contributed by atoms with E-state index in [0.29, 0.717) is 23.8 Å². The Morgan fingerprint density at radius 3 is 2.65 bits per heavy atom. The number of aromatic nitrogens is 3. The van der Waals surface area contributed by atoms with Gasteiger partial charge in [0, 0.05) is 43.7 Å². The zero-order chi connectivity index (χ0) is 24.1. The molecule has 0 saturated carbocycles. The molecule has 0 aliphatic carbocycles. The second-order valence-electron chi connectivity index (χ2n) is 7.47. The summed E-state index contributed by atoms with van der Waals surface area (Å²) in [5.41, 5.74) is 3.04. The molecule has 4 rings (SSSR count). The van der Waals surface area contributed by atoms with Crippen LogP contribution in [0.4, 0.5) is 16.3 Å². The van der Waals surface area contributed by atoms with Gasteiger partial charge in [-0.2, -0.15) is 4.37 Å². The first kappa shape index (κ1) is 23.3. The number of ether oxygens (including phenoxy) is 1. The molecule has 174 valence electrons. The highest BCUT2D eigenvalue weighted by Crippen LogP contribution is 2.26. The van der Waals surface area contributed by atoms with E-state index in [1.54, 1.807) is 38.6 Å². The Labute approximate surface area is 200 Å². The Bertz CT molecular complexity index is 1310. The van der Waals surface area contributed by atoms with E-state index in [-0.39, 0.29) is 12.5 Å². The second-order valence-corrected chi connectivity index (χ2v) is 8.30. The van der Waals surface area contributed by atoms with Crippen molar-refractivity contribution in [2.45, 2.75) is 19.4 Å². The normalized spacial score (nSPS) is 11.8. The molecule has 0 fully saturated rings. The zero-order valence-electron chi connectivity index (χ0n) is 18.6. The van der Waals surface area contributed by atoms with E-state index >= 15 is 0 Å². The molecule has 0 bridgehead atoms. The predicted octanol–water partition coefficient (Wildman–Crippen LogP) is 4.45. The summed E-state index contributed by atoms with van der Waals surface area (Å²) >= 11 is 1.34. The van der Waals surface area contributed by atoms with Gasteiger partial charge in [0.15, 0.2) is 6.10 Å². The fourth-order valence-electron chi connectivity index (χ4n) is 3.43. The maximum absolute atomic E-state index is 12.9. The van der Waals surface area contributed by atoms with E-state index in [1.807, 2.05) is 36.4 Å². The molecule has 0 aliphatic heterocycles. The van der Waals surface area contributed by atoms with Gasteiger partial charge in [-0.15, -0.1) is 0 Å². The Morgan fingerprint density at radius 2 is 1.91 bits per heavy atom. The van der Waals surface area contributed by atoms with Crippen molar-refractivity contribution in [1.29, 1.82) is 0 Å². The maximum atomic E-state index is 12.9. The number of carbonyl (C=O) groups is 2. The maximum Gasteiger partial charge on any atom is 0.333 e. The third kappa shape index (κ3) is 5.19.